The van der Waals surface area contributed by atoms with Crippen molar-refractivity contribution in [3.05, 3.63) is 47.2 Å². The van der Waals surface area contributed by atoms with Gasteiger partial charge in [-0.2, -0.15) is 0 Å². The summed E-state index contributed by atoms with van der Waals surface area (Å²) >= 11 is 0. The minimum atomic E-state index is -0.405. The van der Waals surface area contributed by atoms with E-state index in [2.05, 4.69) is 15.8 Å². The molecule has 0 spiro atoms. The Morgan fingerprint density at radius 1 is 1.40 bits per heavy atom. The molecule has 132 valence electrons. The molecule has 7 heteroatoms. The largest absolute Gasteiger partial charge is 0.338 e. The number of rotatable bonds is 6. The first-order valence-electron chi connectivity index (χ1n) is 8.39. The van der Waals surface area contributed by atoms with Gasteiger partial charge in [0.05, 0.1) is 11.7 Å². The van der Waals surface area contributed by atoms with Crippen LogP contribution < -0.4 is 10.6 Å². The number of carbonyl (C=O) groups excluding carboxylic acids is 2. The fraction of sp³-hybridized carbons (Fsp3) is 0.389. The van der Waals surface area contributed by atoms with Crippen LogP contribution in [0.4, 0.5) is 5.88 Å². The van der Waals surface area contributed by atoms with Crippen molar-refractivity contribution in [1.29, 1.82) is 0 Å². The molecular formula is C18H22N4O3. The van der Waals surface area contributed by atoms with E-state index in [0.29, 0.717) is 31.2 Å². The Kier molecular flexibility index (Phi) is 5.14. The van der Waals surface area contributed by atoms with Gasteiger partial charge in [0.25, 0.3) is 5.91 Å². The summed E-state index contributed by atoms with van der Waals surface area (Å²) in [5, 5.41) is 9.52. The van der Waals surface area contributed by atoms with Gasteiger partial charge in [0.1, 0.15) is 0 Å². The van der Waals surface area contributed by atoms with Crippen LogP contribution in [0.3, 0.4) is 0 Å². The summed E-state index contributed by atoms with van der Waals surface area (Å²) < 4.78 is 4.97. The fourth-order valence-electron chi connectivity index (χ4n) is 2.85. The highest BCUT2D eigenvalue weighted by atomic mass is 16.5. The zero-order valence-electron chi connectivity index (χ0n) is 14.4. The predicted octanol–water partition coefficient (Wildman–Crippen LogP) is 1.60. The van der Waals surface area contributed by atoms with E-state index < -0.39 is 6.04 Å². The van der Waals surface area contributed by atoms with Crippen molar-refractivity contribution >= 4 is 17.7 Å². The molecule has 25 heavy (non-hydrogen) atoms. The Morgan fingerprint density at radius 2 is 2.20 bits per heavy atom. The zero-order chi connectivity index (χ0) is 17.8. The summed E-state index contributed by atoms with van der Waals surface area (Å²) in [5.41, 5.74) is 2.59. The van der Waals surface area contributed by atoms with Gasteiger partial charge in [0.15, 0.2) is 0 Å². The average molecular weight is 342 g/mol. The van der Waals surface area contributed by atoms with E-state index >= 15 is 0 Å². The second-order valence-corrected chi connectivity index (χ2v) is 6.20. The number of aryl methyl sites for hydroxylation is 1. The minimum absolute atomic E-state index is 0.0536. The summed E-state index contributed by atoms with van der Waals surface area (Å²) in [6.07, 6.45) is 0.864. The quantitative estimate of drug-likeness (QED) is 0.832. The maximum atomic E-state index is 12.5. The number of hydrogen-bond acceptors (Lipinski definition) is 5. The standard InChI is InChI=1S/C18H22N4O3/c1-12-11-16(25-21-12)20-17(23)13(2)19-8-10-22-9-7-14-5-3-4-6-15(14)18(22)24/h3-6,11,13,19H,7-10H2,1-2H3,(H,20,23). The van der Waals surface area contributed by atoms with Crippen LogP contribution in [0.5, 0.6) is 0 Å². The summed E-state index contributed by atoms with van der Waals surface area (Å²) in [4.78, 5) is 26.4. The van der Waals surface area contributed by atoms with Crippen molar-refractivity contribution < 1.29 is 14.1 Å². The molecule has 3 rings (SSSR count). The Labute approximate surface area is 146 Å². The van der Waals surface area contributed by atoms with Gasteiger partial charge in [-0.3, -0.25) is 14.9 Å². The van der Waals surface area contributed by atoms with E-state index in [0.717, 1.165) is 17.5 Å². The first kappa shape index (κ1) is 17.2. The van der Waals surface area contributed by atoms with E-state index in [4.69, 9.17) is 4.52 Å². The monoisotopic (exact) mass is 342 g/mol. The third kappa shape index (κ3) is 4.06. The fourth-order valence-corrected chi connectivity index (χ4v) is 2.85. The van der Waals surface area contributed by atoms with E-state index in [1.54, 1.807) is 19.9 Å². The van der Waals surface area contributed by atoms with Crippen molar-refractivity contribution in [2.24, 2.45) is 0 Å². The summed E-state index contributed by atoms with van der Waals surface area (Å²) in [7, 11) is 0. The molecular weight excluding hydrogens is 320 g/mol. The molecule has 2 amide bonds. The molecule has 0 radical (unpaired) electrons. The number of hydrogen-bond donors (Lipinski definition) is 2. The predicted molar refractivity (Wildman–Crippen MR) is 93.4 cm³/mol. The van der Waals surface area contributed by atoms with Crippen molar-refractivity contribution in [2.75, 3.05) is 25.0 Å². The maximum Gasteiger partial charge on any atom is 0.254 e. The Hall–Kier alpha value is -2.67. The lowest BCUT2D eigenvalue weighted by Crippen LogP contribution is -2.45. The molecule has 0 saturated carbocycles. The van der Waals surface area contributed by atoms with Crippen LogP contribution in [0.1, 0.15) is 28.5 Å². The second-order valence-electron chi connectivity index (χ2n) is 6.20. The Bertz CT molecular complexity index is 771. The normalized spacial score (nSPS) is 15.0. The van der Waals surface area contributed by atoms with E-state index in [9.17, 15) is 9.59 Å². The molecule has 1 aromatic heterocycles. The van der Waals surface area contributed by atoms with Crippen molar-refractivity contribution in [2.45, 2.75) is 26.3 Å². The topological polar surface area (TPSA) is 87.5 Å². The molecule has 7 nitrogen and oxygen atoms in total. The highest BCUT2D eigenvalue weighted by Gasteiger charge is 2.23. The minimum Gasteiger partial charge on any atom is -0.338 e. The molecule has 1 aromatic carbocycles. The Balaban J connectivity index is 1.46. The van der Waals surface area contributed by atoms with Gasteiger partial charge in [0.2, 0.25) is 11.8 Å². The number of aromatic nitrogens is 1. The number of nitrogens with one attached hydrogen (secondary N) is 2. The number of fused-ring (bicyclic) bond motifs is 1. The van der Waals surface area contributed by atoms with E-state index in [1.807, 2.05) is 29.2 Å². The van der Waals surface area contributed by atoms with Crippen LogP contribution in [0.2, 0.25) is 0 Å². The van der Waals surface area contributed by atoms with Crippen molar-refractivity contribution in [3.63, 3.8) is 0 Å². The number of nitrogens with zero attached hydrogens (tertiary/aromatic N) is 2. The molecule has 2 aromatic rings. The van der Waals surface area contributed by atoms with Gasteiger partial charge in [-0.25, -0.2) is 0 Å². The van der Waals surface area contributed by atoms with Crippen LogP contribution >= 0.6 is 0 Å². The van der Waals surface area contributed by atoms with Crippen molar-refractivity contribution in [1.82, 2.24) is 15.4 Å². The molecule has 1 aliphatic heterocycles. The molecule has 0 saturated heterocycles. The molecule has 2 heterocycles. The first-order chi connectivity index (χ1) is 12.0. The van der Waals surface area contributed by atoms with E-state index in [-0.39, 0.29) is 11.8 Å². The molecule has 0 fully saturated rings. The van der Waals surface area contributed by atoms with Crippen LogP contribution in [-0.2, 0) is 11.2 Å². The molecule has 2 N–H and O–H groups in total. The lowest BCUT2D eigenvalue weighted by molar-refractivity contribution is -0.117. The number of benzene rings is 1. The third-order valence-corrected chi connectivity index (χ3v) is 4.29. The average Bonchev–Trinajstić information content (AvgIpc) is 3.01. The summed E-state index contributed by atoms with van der Waals surface area (Å²) in [6.45, 7) is 5.36. The van der Waals surface area contributed by atoms with Gasteiger partial charge >= 0.3 is 0 Å². The molecule has 0 aliphatic carbocycles. The molecule has 1 unspecified atom stereocenters. The molecule has 1 aliphatic rings. The lowest BCUT2D eigenvalue weighted by atomic mass is 9.99. The maximum absolute atomic E-state index is 12.5. The van der Waals surface area contributed by atoms with Crippen molar-refractivity contribution in [3.8, 4) is 0 Å². The second kappa shape index (κ2) is 7.48. The SMILES string of the molecule is Cc1cc(NC(=O)C(C)NCCN2CCc3ccccc3C2=O)on1. The van der Waals surface area contributed by atoms with E-state index in [1.165, 1.54) is 0 Å². The number of anilines is 1. The number of amides is 2. The first-order valence-corrected chi connectivity index (χ1v) is 8.39. The third-order valence-electron chi connectivity index (χ3n) is 4.29. The van der Waals surface area contributed by atoms with Gasteiger partial charge in [-0.1, -0.05) is 23.4 Å². The van der Waals surface area contributed by atoms with Crippen LogP contribution in [0, 0.1) is 6.92 Å². The van der Waals surface area contributed by atoms with Gasteiger partial charge in [-0.05, 0) is 31.9 Å². The van der Waals surface area contributed by atoms with Crippen LogP contribution in [0.15, 0.2) is 34.9 Å². The zero-order valence-corrected chi connectivity index (χ0v) is 14.4. The highest BCUT2D eigenvalue weighted by molar-refractivity contribution is 5.96. The molecule has 0 bridgehead atoms. The smallest absolute Gasteiger partial charge is 0.254 e. The van der Waals surface area contributed by atoms with Gasteiger partial charge in [0, 0.05) is 31.3 Å². The lowest BCUT2D eigenvalue weighted by Gasteiger charge is -2.29. The van der Waals surface area contributed by atoms with Crippen LogP contribution in [-0.4, -0.2) is 47.5 Å². The number of carbonyl (C=O) groups is 2. The summed E-state index contributed by atoms with van der Waals surface area (Å²) in [5.74, 6) is 0.184. The molecule has 1 atom stereocenters. The van der Waals surface area contributed by atoms with Gasteiger partial charge < -0.3 is 14.7 Å². The van der Waals surface area contributed by atoms with Gasteiger partial charge in [-0.15, -0.1) is 0 Å². The van der Waals surface area contributed by atoms with Crippen LogP contribution in [0.25, 0.3) is 0 Å². The highest BCUT2D eigenvalue weighted by Crippen LogP contribution is 2.18. The Morgan fingerprint density at radius 3 is 2.96 bits per heavy atom. The summed E-state index contributed by atoms with van der Waals surface area (Å²) in [6, 6.07) is 8.97.